The lowest BCUT2D eigenvalue weighted by Gasteiger charge is -2.19. The maximum absolute atomic E-state index is 11.4. The van der Waals surface area contributed by atoms with E-state index in [9.17, 15) is 23.9 Å². The van der Waals surface area contributed by atoms with Crippen molar-refractivity contribution in [3.63, 3.8) is 0 Å². The summed E-state index contributed by atoms with van der Waals surface area (Å²) in [6.45, 7) is -0.782. The van der Waals surface area contributed by atoms with E-state index in [4.69, 9.17) is 27.4 Å². The number of aliphatic hydroxyl groups excluding tert-OH is 2. The van der Waals surface area contributed by atoms with Crippen LogP contribution < -0.4 is 5.32 Å². The van der Waals surface area contributed by atoms with Crippen molar-refractivity contribution in [1.29, 1.82) is 0 Å². The molecule has 1 aliphatic heterocycles. The van der Waals surface area contributed by atoms with Crippen molar-refractivity contribution in [3.05, 3.63) is 0 Å². The second kappa shape index (κ2) is 7.08. The number of phosphoric acid groups is 3. The molecule has 0 aromatic carbocycles. The molecule has 0 aromatic rings. The van der Waals surface area contributed by atoms with Gasteiger partial charge in [0.1, 0.15) is 0 Å². The third-order valence-electron chi connectivity index (χ3n) is 2.37. The summed E-state index contributed by atoms with van der Waals surface area (Å²) >= 11 is 0. The summed E-state index contributed by atoms with van der Waals surface area (Å²) in [5.41, 5.74) is 0. The molecule has 1 fully saturated rings. The number of nitrogens with one attached hydrogen (secondary N) is 1. The Kier molecular flexibility index (Phi) is 6.56. The van der Waals surface area contributed by atoms with Crippen LogP contribution >= 0.6 is 23.5 Å². The second-order valence-corrected chi connectivity index (χ2v) is 8.59. The van der Waals surface area contributed by atoms with Gasteiger partial charge in [-0.2, -0.15) is 8.62 Å². The number of phosphoric ester groups is 1. The number of hydrogen-bond acceptors (Lipinski definition) is 9. The molecule has 0 aliphatic carbocycles. The van der Waals surface area contributed by atoms with Gasteiger partial charge in [0.25, 0.3) is 0 Å². The van der Waals surface area contributed by atoms with Gasteiger partial charge in [0.05, 0.1) is 32.7 Å². The Morgan fingerprint density at radius 2 is 1.50 bits per heavy atom. The van der Waals surface area contributed by atoms with Gasteiger partial charge in [-0.05, 0) is 5.94 Å². The van der Waals surface area contributed by atoms with Crippen LogP contribution in [-0.4, -0.2) is 68.4 Å². The van der Waals surface area contributed by atoms with Crippen LogP contribution in [0.4, 0.5) is 0 Å². The first kappa shape index (κ1) is 20.4. The predicted octanol–water partition coefficient (Wildman–Crippen LogP) is -2.48. The van der Waals surface area contributed by atoms with Gasteiger partial charge in [0.2, 0.25) is 0 Å². The summed E-state index contributed by atoms with van der Waals surface area (Å²) in [6, 6.07) is -1.10. The highest BCUT2D eigenvalue weighted by Gasteiger charge is 2.43. The predicted molar refractivity (Wildman–Crippen MR) is 68.3 cm³/mol. The smallest absolute Gasteiger partial charge is 0.390 e. The van der Waals surface area contributed by atoms with E-state index in [1.54, 1.807) is 0 Å². The molecular weight excluding hydrogens is 370 g/mol. The molecule has 0 aromatic heterocycles. The monoisotopic (exact) mass is 383 g/mol. The Labute approximate surface area is 125 Å². The van der Waals surface area contributed by atoms with Crippen LogP contribution in [0.2, 0.25) is 0 Å². The number of aliphatic hydroxyl groups is 2. The van der Waals surface area contributed by atoms with Crippen LogP contribution in [0.25, 0.3) is 0 Å². The van der Waals surface area contributed by atoms with Gasteiger partial charge >= 0.3 is 23.5 Å². The maximum Gasteiger partial charge on any atom is 0.490 e. The first-order valence-corrected chi connectivity index (χ1v) is 9.91. The molecule has 2 radical (unpaired) electrons. The largest absolute Gasteiger partial charge is 0.490 e. The molecule has 0 spiro atoms. The third-order valence-corrected chi connectivity index (χ3v) is 6.17. The summed E-state index contributed by atoms with van der Waals surface area (Å²) in [6.07, 6.45) is -2.84. The van der Waals surface area contributed by atoms with Crippen molar-refractivity contribution in [2.24, 2.45) is 0 Å². The van der Waals surface area contributed by atoms with E-state index in [2.05, 4.69) is 18.5 Å². The molecule has 17 heteroatoms. The highest BCUT2D eigenvalue weighted by atomic mass is 31.3. The van der Waals surface area contributed by atoms with E-state index >= 15 is 0 Å². The van der Waals surface area contributed by atoms with Crippen LogP contribution in [0.1, 0.15) is 0 Å². The average molecular weight is 383 g/mol. The lowest BCUT2D eigenvalue weighted by atomic mass is 9.92. The first-order valence-electron chi connectivity index (χ1n) is 5.38. The van der Waals surface area contributed by atoms with E-state index < -0.39 is 54.3 Å². The maximum atomic E-state index is 11.4. The molecule has 6 atom stereocenters. The van der Waals surface area contributed by atoms with Gasteiger partial charge in [-0.3, -0.25) is 4.52 Å². The topological polar surface area (TPSA) is 212 Å². The lowest BCUT2D eigenvalue weighted by molar-refractivity contribution is 0.0259. The fourth-order valence-corrected chi connectivity index (χ4v) is 4.56. The first-order chi connectivity index (χ1) is 9.72. The highest BCUT2D eigenvalue weighted by molar-refractivity contribution is 7.66. The van der Waals surface area contributed by atoms with Gasteiger partial charge in [0.15, 0.2) is 0 Å². The zero-order valence-electron chi connectivity index (χ0n) is 10.6. The molecule has 7 N–H and O–H groups in total. The molecule has 1 aliphatic rings. The fourth-order valence-electron chi connectivity index (χ4n) is 1.52. The van der Waals surface area contributed by atoms with Crippen molar-refractivity contribution in [3.8, 4) is 0 Å². The summed E-state index contributed by atoms with van der Waals surface area (Å²) in [7, 11) is -11.0. The van der Waals surface area contributed by atoms with Crippen LogP contribution in [-0.2, 0) is 26.8 Å². The molecule has 0 saturated carbocycles. The molecule has 0 bridgehead atoms. The SMILES string of the molecule is [B][C@@H]1N[C@H](COP(=O)(O)OP(=O)(O)OP(=O)(O)O)[C@@H](O)[C@H]1O. The molecule has 22 heavy (non-hydrogen) atoms. The highest BCUT2D eigenvalue weighted by Crippen LogP contribution is 2.66. The molecule has 2 unspecified atom stereocenters. The second-order valence-electron chi connectivity index (χ2n) is 4.17. The van der Waals surface area contributed by atoms with E-state index in [1.807, 2.05) is 0 Å². The van der Waals surface area contributed by atoms with Crippen LogP contribution in [0.3, 0.4) is 0 Å². The number of hydrogen-bond donors (Lipinski definition) is 7. The normalized spacial score (nSPS) is 35.0. The van der Waals surface area contributed by atoms with Crippen molar-refractivity contribution in [2.75, 3.05) is 6.61 Å². The van der Waals surface area contributed by atoms with Crippen molar-refractivity contribution in [1.82, 2.24) is 5.32 Å². The number of rotatable bonds is 7. The van der Waals surface area contributed by atoms with Crippen LogP contribution in [0.5, 0.6) is 0 Å². The fraction of sp³-hybridized carbons (Fsp3) is 1.00. The van der Waals surface area contributed by atoms with E-state index in [0.717, 1.165) is 0 Å². The molecule has 13 nitrogen and oxygen atoms in total. The summed E-state index contributed by atoms with van der Waals surface area (Å²) in [4.78, 5) is 34.7. The summed E-state index contributed by atoms with van der Waals surface area (Å²) < 4.78 is 44.1. The minimum absolute atomic E-state index is 0.782. The Morgan fingerprint density at radius 1 is 0.955 bits per heavy atom. The standard InChI is InChI=1S/C5H13BNO12P3/c6-5-4(9)3(8)2(7-5)1-17-21(13,14)19-22(15,16)18-20(10,11)12/h2-5,7-9H,1H2,(H,13,14)(H,15,16)(H2,10,11,12)/t2-,3-,4-,5-/m1/s1. The van der Waals surface area contributed by atoms with Crippen molar-refractivity contribution in [2.45, 2.75) is 24.2 Å². The Hall–Kier alpha value is 0.355. The average Bonchev–Trinajstić information content (AvgIpc) is 2.49. The van der Waals surface area contributed by atoms with Crippen LogP contribution in [0, 0.1) is 0 Å². The minimum atomic E-state index is -5.59. The van der Waals surface area contributed by atoms with Crippen LogP contribution in [0.15, 0.2) is 0 Å². The summed E-state index contributed by atoms with van der Waals surface area (Å²) in [5, 5.41) is 21.2. The molecule has 1 saturated heterocycles. The van der Waals surface area contributed by atoms with Crippen molar-refractivity contribution < 1.29 is 56.6 Å². The van der Waals surface area contributed by atoms with Gasteiger partial charge in [-0.25, -0.2) is 13.7 Å². The Morgan fingerprint density at radius 3 is 1.91 bits per heavy atom. The molecule has 0 amide bonds. The molecule has 1 rings (SSSR count). The molecule has 128 valence electrons. The van der Waals surface area contributed by atoms with Gasteiger partial charge in [-0.15, -0.1) is 0 Å². The molecule has 1 heterocycles. The molecular formula is C5H13BNO12P3. The zero-order valence-corrected chi connectivity index (χ0v) is 13.3. The Bertz CT molecular complexity index is 537. The minimum Gasteiger partial charge on any atom is -0.390 e. The third kappa shape index (κ3) is 6.46. The van der Waals surface area contributed by atoms with E-state index in [0.29, 0.717) is 0 Å². The quantitative estimate of drug-likeness (QED) is 0.179. The van der Waals surface area contributed by atoms with E-state index in [-0.39, 0.29) is 0 Å². The van der Waals surface area contributed by atoms with E-state index in [1.165, 1.54) is 0 Å². The van der Waals surface area contributed by atoms with Gasteiger partial charge < -0.3 is 35.1 Å². The van der Waals surface area contributed by atoms with Gasteiger partial charge in [0, 0.05) is 0 Å². The zero-order chi connectivity index (χ0) is 17.3. The van der Waals surface area contributed by atoms with Crippen molar-refractivity contribution >= 4 is 31.3 Å². The Balaban J connectivity index is 2.60. The summed E-state index contributed by atoms with van der Waals surface area (Å²) in [5.74, 6) is -1.04. The lowest BCUT2D eigenvalue weighted by Crippen LogP contribution is -2.37. The van der Waals surface area contributed by atoms with Gasteiger partial charge in [-0.1, -0.05) is 0 Å².